The Kier molecular flexibility index (Phi) is 5.17. The molecule has 1 aromatic rings. The maximum atomic E-state index is 12.2. The van der Waals surface area contributed by atoms with Crippen LogP contribution in [0.15, 0.2) is 18.2 Å². The molecule has 1 aliphatic heterocycles. The number of carbonyl (C=O) groups is 2. The van der Waals surface area contributed by atoms with E-state index in [1.54, 1.807) is 0 Å². The molecule has 21 heavy (non-hydrogen) atoms. The summed E-state index contributed by atoms with van der Waals surface area (Å²) < 4.78 is 5.33. The van der Waals surface area contributed by atoms with Crippen molar-refractivity contribution in [3.8, 4) is 0 Å². The average molecular weight is 313 g/mol. The number of carboxylic acids is 1. The van der Waals surface area contributed by atoms with Crippen molar-refractivity contribution in [3.05, 3.63) is 28.8 Å². The molecule has 6 nitrogen and oxygen atoms in total. The van der Waals surface area contributed by atoms with Gasteiger partial charge < -0.3 is 20.5 Å². The van der Waals surface area contributed by atoms with E-state index in [9.17, 15) is 9.59 Å². The van der Waals surface area contributed by atoms with Gasteiger partial charge in [-0.3, -0.25) is 4.79 Å². The van der Waals surface area contributed by atoms with Crippen LogP contribution in [0.5, 0.6) is 0 Å². The predicted molar refractivity (Wildman–Crippen MR) is 78.8 cm³/mol. The molecule has 0 spiro atoms. The number of hydrogen-bond donors (Lipinski definition) is 3. The van der Waals surface area contributed by atoms with Gasteiger partial charge in [-0.25, -0.2) is 4.79 Å². The minimum Gasteiger partial charge on any atom is -0.478 e. The largest absolute Gasteiger partial charge is 0.478 e. The van der Waals surface area contributed by atoms with Crippen molar-refractivity contribution in [2.24, 2.45) is 5.92 Å². The van der Waals surface area contributed by atoms with Gasteiger partial charge in [0, 0.05) is 11.7 Å². The molecule has 1 aromatic carbocycles. The summed E-state index contributed by atoms with van der Waals surface area (Å²) in [6.07, 6.45) is 0. The van der Waals surface area contributed by atoms with E-state index in [-0.39, 0.29) is 28.5 Å². The van der Waals surface area contributed by atoms with Gasteiger partial charge in [-0.2, -0.15) is 0 Å². The Balaban J connectivity index is 2.06. The first-order valence-electron chi connectivity index (χ1n) is 6.67. The minimum atomic E-state index is -1.10. The van der Waals surface area contributed by atoms with Crippen LogP contribution in [0.4, 0.5) is 5.69 Å². The van der Waals surface area contributed by atoms with E-state index in [0.717, 1.165) is 6.54 Å². The topological polar surface area (TPSA) is 87.7 Å². The van der Waals surface area contributed by atoms with Crippen LogP contribution in [-0.4, -0.2) is 42.8 Å². The molecule has 1 heterocycles. The summed E-state index contributed by atoms with van der Waals surface area (Å²) in [5.41, 5.74) is 0.474. The predicted octanol–water partition coefficient (Wildman–Crippen LogP) is 1.60. The number of carboxylic acid groups (broad SMARTS) is 1. The molecule has 1 amide bonds. The van der Waals surface area contributed by atoms with Crippen molar-refractivity contribution >= 4 is 29.2 Å². The molecule has 2 unspecified atom stereocenters. The van der Waals surface area contributed by atoms with Crippen LogP contribution >= 0.6 is 11.6 Å². The van der Waals surface area contributed by atoms with Crippen LogP contribution < -0.4 is 10.6 Å². The Labute approximate surface area is 127 Å². The smallest absolute Gasteiger partial charge is 0.337 e. The molecule has 2 atom stereocenters. The van der Waals surface area contributed by atoms with Gasteiger partial charge in [0.05, 0.1) is 29.7 Å². The van der Waals surface area contributed by atoms with Crippen LogP contribution in [0.2, 0.25) is 5.02 Å². The fraction of sp³-hybridized carbons (Fsp3) is 0.429. The van der Waals surface area contributed by atoms with Crippen LogP contribution in [0.3, 0.4) is 0 Å². The second-order valence-corrected chi connectivity index (χ2v) is 5.20. The third-order valence-corrected chi connectivity index (χ3v) is 3.66. The van der Waals surface area contributed by atoms with Gasteiger partial charge in [-0.05, 0) is 24.7 Å². The Morgan fingerprint density at radius 2 is 2.19 bits per heavy atom. The summed E-state index contributed by atoms with van der Waals surface area (Å²) in [6, 6.07) is 4.31. The van der Waals surface area contributed by atoms with Crippen molar-refractivity contribution in [1.29, 1.82) is 0 Å². The Morgan fingerprint density at radius 1 is 1.43 bits per heavy atom. The molecular weight excluding hydrogens is 296 g/mol. The van der Waals surface area contributed by atoms with Gasteiger partial charge in [0.2, 0.25) is 5.91 Å². The molecular formula is C14H17ClN2O4. The van der Waals surface area contributed by atoms with Gasteiger partial charge in [0.1, 0.15) is 0 Å². The van der Waals surface area contributed by atoms with Crippen molar-refractivity contribution in [2.45, 2.75) is 13.0 Å². The zero-order valence-corrected chi connectivity index (χ0v) is 12.3. The minimum absolute atomic E-state index is 0.00407. The lowest BCUT2D eigenvalue weighted by Gasteiger charge is -2.18. The fourth-order valence-corrected chi connectivity index (χ4v) is 2.54. The SMILES string of the molecule is CCNC1COCC1C(=O)Nc1ccc(C(=O)O)c(Cl)c1. The molecule has 0 aliphatic carbocycles. The number of anilines is 1. The average Bonchev–Trinajstić information content (AvgIpc) is 2.87. The molecule has 0 saturated carbocycles. The molecule has 114 valence electrons. The Hall–Kier alpha value is -1.63. The Morgan fingerprint density at radius 3 is 2.81 bits per heavy atom. The van der Waals surface area contributed by atoms with E-state index in [4.69, 9.17) is 21.4 Å². The fourth-order valence-electron chi connectivity index (χ4n) is 2.28. The molecule has 7 heteroatoms. The summed E-state index contributed by atoms with van der Waals surface area (Å²) in [6.45, 7) is 3.60. The van der Waals surface area contributed by atoms with Gasteiger partial charge >= 0.3 is 5.97 Å². The zero-order chi connectivity index (χ0) is 15.4. The highest BCUT2D eigenvalue weighted by atomic mass is 35.5. The summed E-state index contributed by atoms with van der Waals surface area (Å²) in [5.74, 6) is -1.55. The molecule has 2 rings (SSSR count). The first-order valence-corrected chi connectivity index (χ1v) is 7.05. The molecule has 0 radical (unpaired) electrons. The number of hydrogen-bond acceptors (Lipinski definition) is 4. The van der Waals surface area contributed by atoms with Crippen LogP contribution in [0, 0.1) is 5.92 Å². The normalized spacial score (nSPS) is 21.2. The molecule has 1 aliphatic rings. The number of rotatable bonds is 5. The number of carbonyl (C=O) groups excluding carboxylic acids is 1. The quantitative estimate of drug-likeness (QED) is 0.768. The van der Waals surface area contributed by atoms with E-state index in [1.807, 2.05) is 6.92 Å². The third kappa shape index (κ3) is 3.72. The summed E-state index contributed by atoms with van der Waals surface area (Å²) in [4.78, 5) is 23.1. The van der Waals surface area contributed by atoms with E-state index in [0.29, 0.717) is 18.9 Å². The van der Waals surface area contributed by atoms with Crippen molar-refractivity contribution in [1.82, 2.24) is 5.32 Å². The Bertz CT molecular complexity index is 550. The van der Waals surface area contributed by atoms with Crippen molar-refractivity contribution in [3.63, 3.8) is 0 Å². The lowest BCUT2D eigenvalue weighted by molar-refractivity contribution is -0.120. The molecule has 1 saturated heterocycles. The highest BCUT2D eigenvalue weighted by molar-refractivity contribution is 6.33. The van der Waals surface area contributed by atoms with E-state index in [2.05, 4.69) is 10.6 Å². The number of halogens is 1. The van der Waals surface area contributed by atoms with E-state index >= 15 is 0 Å². The molecule has 3 N–H and O–H groups in total. The van der Waals surface area contributed by atoms with E-state index < -0.39 is 5.97 Å². The highest BCUT2D eigenvalue weighted by Gasteiger charge is 2.33. The van der Waals surface area contributed by atoms with Crippen LogP contribution in [-0.2, 0) is 9.53 Å². The lowest BCUT2D eigenvalue weighted by atomic mass is 10.0. The summed E-state index contributed by atoms with van der Waals surface area (Å²) >= 11 is 5.88. The van der Waals surface area contributed by atoms with Gasteiger partial charge in [-0.1, -0.05) is 18.5 Å². The van der Waals surface area contributed by atoms with Gasteiger partial charge in [0.15, 0.2) is 0 Å². The first kappa shape index (κ1) is 15.8. The van der Waals surface area contributed by atoms with Crippen LogP contribution in [0.1, 0.15) is 17.3 Å². The third-order valence-electron chi connectivity index (χ3n) is 3.35. The number of aromatic carboxylic acids is 1. The molecule has 1 fully saturated rings. The maximum Gasteiger partial charge on any atom is 0.337 e. The first-order chi connectivity index (χ1) is 10.0. The van der Waals surface area contributed by atoms with Crippen LogP contribution in [0.25, 0.3) is 0 Å². The monoisotopic (exact) mass is 312 g/mol. The number of nitrogens with one attached hydrogen (secondary N) is 2. The van der Waals surface area contributed by atoms with E-state index in [1.165, 1.54) is 18.2 Å². The number of benzene rings is 1. The lowest BCUT2D eigenvalue weighted by Crippen LogP contribution is -2.41. The second-order valence-electron chi connectivity index (χ2n) is 4.80. The standard InChI is InChI=1S/C14H17ClN2O4/c1-2-16-12-7-21-6-10(12)13(18)17-8-3-4-9(14(19)20)11(15)5-8/h3-5,10,12,16H,2,6-7H2,1H3,(H,17,18)(H,19,20). The second kappa shape index (κ2) is 6.89. The highest BCUT2D eigenvalue weighted by Crippen LogP contribution is 2.22. The number of amides is 1. The number of ether oxygens (including phenoxy) is 1. The summed E-state index contributed by atoms with van der Waals surface area (Å²) in [7, 11) is 0. The van der Waals surface area contributed by atoms with Crippen molar-refractivity contribution in [2.75, 3.05) is 25.1 Å². The molecule has 0 bridgehead atoms. The number of likely N-dealkylation sites (N-methyl/N-ethyl adjacent to an activating group) is 1. The van der Waals surface area contributed by atoms with Gasteiger partial charge in [-0.15, -0.1) is 0 Å². The molecule has 0 aromatic heterocycles. The summed E-state index contributed by atoms with van der Waals surface area (Å²) in [5, 5.41) is 14.9. The zero-order valence-electron chi connectivity index (χ0n) is 11.6. The van der Waals surface area contributed by atoms with Crippen molar-refractivity contribution < 1.29 is 19.4 Å². The maximum absolute atomic E-state index is 12.2. The van der Waals surface area contributed by atoms with Gasteiger partial charge in [0.25, 0.3) is 0 Å².